The minimum atomic E-state index is -0.547. The lowest BCUT2D eigenvalue weighted by molar-refractivity contribution is -0.116. The predicted octanol–water partition coefficient (Wildman–Crippen LogP) is 2.93. The van der Waals surface area contributed by atoms with Crippen molar-refractivity contribution in [3.63, 3.8) is 0 Å². The molecular formula is C18H18ClN5O3. The SMILES string of the molecule is CCOC(=O)c1cnn(-c2ccccc2)c1NC(=O)CCn1cc(Cl)cn1. The third-order valence-corrected chi connectivity index (χ3v) is 3.89. The number of para-hydroxylation sites is 1. The molecule has 0 spiro atoms. The summed E-state index contributed by atoms with van der Waals surface area (Å²) in [5, 5.41) is 11.5. The van der Waals surface area contributed by atoms with Crippen LogP contribution in [0.25, 0.3) is 5.69 Å². The Balaban J connectivity index is 1.81. The Morgan fingerprint density at radius 1 is 1.19 bits per heavy atom. The summed E-state index contributed by atoms with van der Waals surface area (Å²) in [6.07, 6.45) is 4.67. The number of nitrogens with one attached hydrogen (secondary N) is 1. The quantitative estimate of drug-likeness (QED) is 0.629. The van der Waals surface area contributed by atoms with Crippen LogP contribution in [0, 0.1) is 0 Å². The second-order valence-electron chi connectivity index (χ2n) is 5.59. The highest BCUT2D eigenvalue weighted by Crippen LogP contribution is 2.21. The van der Waals surface area contributed by atoms with E-state index in [0.717, 1.165) is 0 Å². The molecular weight excluding hydrogens is 370 g/mol. The Morgan fingerprint density at radius 3 is 2.63 bits per heavy atom. The summed E-state index contributed by atoms with van der Waals surface area (Å²) in [4.78, 5) is 24.6. The maximum absolute atomic E-state index is 12.4. The summed E-state index contributed by atoms with van der Waals surface area (Å²) in [5.74, 6) is -0.568. The van der Waals surface area contributed by atoms with Gasteiger partial charge in [0.05, 0.1) is 29.7 Å². The van der Waals surface area contributed by atoms with E-state index in [1.165, 1.54) is 17.1 Å². The number of aryl methyl sites for hydroxylation is 1. The van der Waals surface area contributed by atoms with Crippen molar-refractivity contribution in [2.75, 3.05) is 11.9 Å². The number of aromatic nitrogens is 4. The summed E-state index contributed by atoms with van der Waals surface area (Å²) in [7, 11) is 0. The van der Waals surface area contributed by atoms with Crippen LogP contribution >= 0.6 is 11.6 Å². The molecule has 1 N–H and O–H groups in total. The van der Waals surface area contributed by atoms with Crippen molar-refractivity contribution in [3.8, 4) is 5.69 Å². The van der Waals surface area contributed by atoms with Crippen LogP contribution in [0.3, 0.4) is 0 Å². The zero-order chi connectivity index (χ0) is 19.2. The van der Waals surface area contributed by atoms with Crippen molar-refractivity contribution in [3.05, 3.63) is 59.5 Å². The third kappa shape index (κ3) is 4.53. The van der Waals surface area contributed by atoms with E-state index in [9.17, 15) is 9.59 Å². The van der Waals surface area contributed by atoms with E-state index < -0.39 is 5.97 Å². The van der Waals surface area contributed by atoms with Crippen molar-refractivity contribution in [1.82, 2.24) is 19.6 Å². The zero-order valence-electron chi connectivity index (χ0n) is 14.6. The highest BCUT2D eigenvalue weighted by Gasteiger charge is 2.21. The summed E-state index contributed by atoms with van der Waals surface area (Å²) in [6.45, 7) is 2.29. The smallest absolute Gasteiger partial charge is 0.343 e. The molecule has 3 rings (SSSR count). The monoisotopic (exact) mass is 387 g/mol. The van der Waals surface area contributed by atoms with Crippen LogP contribution < -0.4 is 5.32 Å². The first-order valence-electron chi connectivity index (χ1n) is 8.37. The summed E-state index contributed by atoms with van der Waals surface area (Å²) < 4.78 is 8.13. The van der Waals surface area contributed by atoms with Gasteiger partial charge in [-0.05, 0) is 19.1 Å². The van der Waals surface area contributed by atoms with Gasteiger partial charge >= 0.3 is 5.97 Å². The summed E-state index contributed by atoms with van der Waals surface area (Å²) >= 11 is 5.82. The molecule has 1 aromatic carbocycles. The number of hydrogen-bond donors (Lipinski definition) is 1. The molecule has 3 aromatic rings. The number of esters is 1. The van der Waals surface area contributed by atoms with Crippen LogP contribution in [0.2, 0.25) is 5.02 Å². The first-order chi connectivity index (χ1) is 13.1. The van der Waals surface area contributed by atoms with Crippen LogP contribution in [-0.4, -0.2) is 38.0 Å². The summed E-state index contributed by atoms with van der Waals surface area (Å²) in [5.41, 5.74) is 0.901. The van der Waals surface area contributed by atoms with Crippen molar-refractivity contribution in [2.24, 2.45) is 0 Å². The van der Waals surface area contributed by atoms with E-state index in [4.69, 9.17) is 16.3 Å². The lowest BCUT2D eigenvalue weighted by Gasteiger charge is -2.11. The van der Waals surface area contributed by atoms with Gasteiger partial charge in [0.1, 0.15) is 5.56 Å². The topological polar surface area (TPSA) is 91.0 Å². The molecule has 140 valence electrons. The van der Waals surface area contributed by atoms with Gasteiger partial charge < -0.3 is 10.1 Å². The van der Waals surface area contributed by atoms with Crippen LogP contribution in [0.1, 0.15) is 23.7 Å². The van der Waals surface area contributed by atoms with Gasteiger partial charge in [-0.2, -0.15) is 10.2 Å². The van der Waals surface area contributed by atoms with Crippen LogP contribution in [-0.2, 0) is 16.1 Å². The molecule has 0 saturated carbocycles. The molecule has 0 bridgehead atoms. The van der Waals surface area contributed by atoms with Crippen LogP contribution in [0.15, 0.2) is 48.9 Å². The number of anilines is 1. The first-order valence-corrected chi connectivity index (χ1v) is 8.74. The maximum atomic E-state index is 12.4. The molecule has 9 heteroatoms. The van der Waals surface area contributed by atoms with Crippen LogP contribution in [0.5, 0.6) is 0 Å². The number of hydrogen-bond acceptors (Lipinski definition) is 5. The number of ether oxygens (including phenoxy) is 1. The Morgan fingerprint density at radius 2 is 1.96 bits per heavy atom. The number of nitrogens with zero attached hydrogens (tertiary/aromatic N) is 4. The zero-order valence-corrected chi connectivity index (χ0v) is 15.4. The largest absolute Gasteiger partial charge is 0.462 e. The average Bonchev–Trinajstić information content (AvgIpc) is 3.27. The highest BCUT2D eigenvalue weighted by molar-refractivity contribution is 6.30. The van der Waals surface area contributed by atoms with Gasteiger partial charge in [-0.3, -0.25) is 9.48 Å². The molecule has 0 saturated heterocycles. The number of benzene rings is 1. The van der Waals surface area contributed by atoms with Gasteiger partial charge in [0.25, 0.3) is 0 Å². The van der Waals surface area contributed by atoms with Crippen molar-refractivity contribution >= 4 is 29.3 Å². The van der Waals surface area contributed by atoms with Gasteiger partial charge in [-0.25, -0.2) is 9.48 Å². The van der Waals surface area contributed by atoms with Gasteiger partial charge in [0, 0.05) is 19.2 Å². The molecule has 0 fully saturated rings. The number of rotatable bonds is 7. The normalized spacial score (nSPS) is 10.6. The van der Waals surface area contributed by atoms with Gasteiger partial charge in [0.2, 0.25) is 5.91 Å². The second-order valence-corrected chi connectivity index (χ2v) is 6.03. The molecule has 0 aliphatic heterocycles. The van der Waals surface area contributed by atoms with Gasteiger partial charge in [-0.1, -0.05) is 29.8 Å². The standard InChI is InChI=1S/C18H18ClN5O3/c1-2-27-18(26)15-11-21-24(14-6-4-3-5-7-14)17(15)22-16(25)8-9-23-12-13(19)10-20-23/h3-7,10-12H,2,8-9H2,1H3,(H,22,25). The van der Waals surface area contributed by atoms with Crippen molar-refractivity contribution in [2.45, 2.75) is 19.9 Å². The Hall–Kier alpha value is -3.13. The fraction of sp³-hybridized carbons (Fsp3) is 0.222. The molecule has 0 atom stereocenters. The van der Waals surface area contributed by atoms with Gasteiger partial charge in [-0.15, -0.1) is 0 Å². The fourth-order valence-electron chi connectivity index (χ4n) is 2.46. The number of carbonyl (C=O) groups excluding carboxylic acids is 2. The Kier molecular flexibility index (Phi) is 5.87. The van der Waals surface area contributed by atoms with E-state index in [-0.39, 0.29) is 30.3 Å². The molecule has 2 heterocycles. The minimum Gasteiger partial charge on any atom is -0.462 e. The third-order valence-electron chi connectivity index (χ3n) is 3.69. The van der Waals surface area contributed by atoms with E-state index >= 15 is 0 Å². The number of carbonyl (C=O) groups is 2. The average molecular weight is 388 g/mol. The molecule has 0 aliphatic carbocycles. The predicted molar refractivity (Wildman–Crippen MR) is 100 cm³/mol. The van der Waals surface area contributed by atoms with E-state index in [1.54, 1.807) is 17.8 Å². The van der Waals surface area contributed by atoms with E-state index in [0.29, 0.717) is 17.3 Å². The fourth-order valence-corrected chi connectivity index (χ4v) is 2.62. The Labute approximate surface area is 160 Å². The molecule has 27 heavy (non-hydrogen) atoms. The molecule has 2 aromatic heterocycles. The summed E-state index contributed by atoms with van der Waals surface area (Å²) in [6, 6.07) is 9.20. The molecule has 0 aliphatic rings. The molecule has 0 radical (unpaired) electrons. The second kappa shape index (κ2) is 8.50. The van der Waals surface area contributed by atoms with Crippen LogP contribution in [0.4, 0.5) is 5.82 Å². The molecule has 1 amide bonds. The maximum Gasteiger partial charge on any atom is 0.343 e. The van der Waals surface area contributed by atoms with E-state index in [2.05, 4.69) is 15.5 Å². The lowest BCUT2D eigenvalue weighted by atomic mass is 10.3. The number of amides is 1. The van der Waals surface area contributed by atoms with Crippen molar-refractivity contribution in [1.29, 1.82) is 0 Å². The van der Waals surface area contributed by atoms with Crippen molar-refractivity contribution < 1.29 is 14.3 Å². The molecule has 0 unspecified atom stereocenters. The Bertz CT molecular complexity index is 936. The lowest BCUT2D eigenvalue weighted by Crippen LogP contribution is -2.19. The van der Waals surface area contributed by atoms with Gasteiger partial charge in [0.15, 0.2) is 5.82 Å². The number of halogens is 1. The first kappa shape index (κ1) is 18.7. The van der Waals surface area contributed by atoms with E-state index in [1.807, 2.05) is 30.3 Å². The minimum absolute atomic E-state index is 0.153. The highest BCUT2D eigenvalue weighted by atomic mass is 35.5. The molecule has 8 nitrogen and oxygen atoms in total.